The van der Waals surface area contributed by atoms with Crippen molar-refractivity contribution in [2.75, 3.05) is 7.11 Å². The molecule has 3 amide bonds. The van der Waals surface area contributed by atoms with E-state index in [1.54, 1.807) is 37.4 Å². The van der Waals surface area contributed by atoms with Gasteiger partial charge < -0.3 is 26.1 Å². The van der Waals surface area contributed by atoms with Gasteiger partial charge in [-0.2, -0.15) is 0 Å². The summed E-state index contributed by atoms with van der Waals surface area (Å²) in [6.45, 7) is 1.42. The lowest BCUT2D eigenvalue weighted by atomic mass is 10.0. The predicted octanol–water partition coefficient (Wildman–Crippen LogP) is 1.68. The summed E-state index contributed by atoms with van der Waals surface area (Å²) in [7, 11) is 1.54. The molecular weight excluding hydrogens is 455 g/mol. The lowest BCUT2D eigenvalue weighted by Crippen LogP contribution is -2.54. The first-order valence-corrected chi connectivity index (χ1v) is 11.0. The van der Waals surface area contributed by atoms with E-state index in [2.05, 4.69) is 16.0 Å². The number of hydrogen-bond acceptors (Lipinski definition) is 6. The zero-order chi connectivity index (χ0) is 25.8. The quantitative estimate of drug-likeness (QED) is 0.321. The number of amides is 3. The second kappa shape index (κ2) is 13.6. The van der Waals surface area contributed by atoms with E-state index in [4.69, 9.17) is 10.1 Å². The highest BCUT2D eigenvalue weighted by molar-refractivity contribution is 6.26. The topological polar surface area (TPSA) is 137 Å². The molecule has 0 bridgehead atoms. The van der Waals surface area contributed by atoms with Crippen molar-refractivity contribution in [3.8, 4) is 5.75 Å². The van der Waals surface area contributed by atoms with Gasteiger partial charge >= 0.3 is 0 Å². The monoisotopic (exact) mass is 484 g/mol. The van der Waals surface area contributed by atoms with Gasteiger partial charge in [0.25, 0.3) is 0 Å². The minimum Gasteiger partial charge on any atom is -0.497 e. The van der Waals surface area contributed by atoms with Crippen LogP contribution >= 0.6 is 0 Å². The Morgan fingerprint density at radius 3 is 2.31 bits per heavy atom. The maximum atomic E-state index is 13.6. The number of rotatable bonds is 13. The Balaban J connectivity index is 2.12. The third kappa shape index (κ3) is 9.36. The van der Waals surface area contributed by atoms with Crippen molar-refractivity contribution < 1.29 is 28.3 Å². The summed E-state index contributed by atoms with van der Waals surface area (Å²) >= 11 is 0. The number of carbonyl (C=O) groups excluding carboxylic acids is 4. The number of carbonyl (C=O) groups is 4. The van der Waals surface area contributed by atoms with Crippen LogP contribution in [-0.4, -0.2) is 48.9 Å². The minimum atomic E-state index is -1.09. The third-order valence-corrected chi connectivity index (χ3v) is 5.12. The van der Waals surface area contributed by atoms with Crippen LogP contribution in [-0.2, 0) is 32.1 Å². The molecule has 0 fully saturated rings. The van der Waals surface area contributed by atoms with E-state index in [9.17, 15) is 23.6 Å². The molecule has 10 heteroatoms. The summed E-state index contributed by atoms with van der Waals surface area (Å²) < 4.78 is 18.7. The van der Waals surface area contributed by atoms with Crippen molar-refractivity contribution in [3.05, 3.63) is 65.5 Å². The molecule has 0 aliphatic carbocycles. The molecule has 0 aliphatic rings. The van der Waals surface area contributed by atoms with Gasteiger partial charge in [-0.25, -0.2) is 4.39 Å². The summed E-state index contributed by atoms with van der Waals surface area (Å²) in [5.41, 5.74) is 1.28. The van der Waals surface area contributed by atoms with E-state index < -0.39 is 41.4 Å². The number of Topliss-reactive ketones (excluding diaryl/α,β-unsaturated/α-hetero) is 1. The normalized spacial score (nSPS) is 12.1. The third-order valence-electron chi connectivity index (χ3n) is 5.12. The molecule has 0 saturated heterocycles. The molecule has 0 heterocycles. The molecule has 0 aliphatic heterocycles. The van der Waals surface area contributed by atoms with Gasteiger partial charge in [-0.15, -0.1) is 0 Å². The van der Waals surface area contributed by atoms with Crippen LogP contribution in [0.25, 0.3) is 0 Å². The van der Waals surface area contributed by atoms with Gasteiger partial charge in [0.1, 0.15) is 23.7 Å². The molecule has 0 unspecified atom stereocenters. The lowest BCUT2D eigenvalue weighted by Gasteiger charge is -2.23. The van der Waals surface area contributed by atoms with Gasteiger partial charge in [-0.05, 0) is 41.8 Å². The first-order chi connectivity index (χ1) is 16.7. The largest absolute Gasteiger partial charge is 0.497 e. The number of nitrogens with one attached hydrogen (secondary N) is 4. The fraction of sp³-hybridized carbons (Fsp3) is 0.320. The first-order valence-electron chi connectivity index (χ1n) is 11.0. The zero-order valence-corrected chi connectivity index (χ0v) is 19.6. The maximum Gasteiger partial charge on any atom is 0.243 e. The van der Waals surface area contributed by atoms with Crippen molar-refractivity contribution >= 4 is 29.7 Å². The van der Waals surface area contributed by atoms with Gasteiger partial charge in [0.15, 0.2) is 5.78 Å². The van der Waals surface area contributed by atoms with Crippen LogP contribution in [0.15, 0.2) is 48.5 Å². The average molecular weight is 485 g/mol. The van der Waals surface area contributed by atoms with Crippen molar-refractivity contribution in [3.63, 3.8) is 0 Å². The molecule has 9 nitrogen and oxygen atoms in total. The molecule has 4 N–H and O–H groups in total. The SMILES string of the molecule is COc1ccc(CNC(=O)[C@H](CCC(=O)C=N)NC(=O)[C@H](Cc2cccc(F)c2)NC(C)=O)cc1. The van der Waals surface area contributed by atoms with Crippen LogP contribution in [0.4, 0.5) is 4.39 Å². The average Bonchev–Trinajstić information content (AvgIpc) is 2.84. The standard InChI is InChI=1S/C25H29FN4O5/c1-16(31)29-23(13-18-4-3-5-19(26)12-18)25(34)30-22(11-8-20(32)14-27)24(33)28-15-17-6-9-21(35-2)10-7-17/h3-7,9-10,12,14,22-23,27H,8,11,13,15H2,1-2H3,(H,28,33)(H,29,31)(H,30,34)/t22-,23-/m0/s1. The highest BCUT2D eigenvalue weighted by atomic mass is 19.1. The maximum absolute atomic E-state index is 13.6. The van der Waals surface area contributed by atoms with Crippen LogP contribution in [0.5, 0.6) is 5.75 Å². The van der Waals surface area contributed by atoms with E-state index in [0.717, 1.165) is 5.56 Å². The van der Waals surface area contributed by atoms with Crippen LogP contribution < -0.4 is 20.7 Å². The molecular formula is C25H29FN4O5. The Labute approximate surface area is 202 Å². The van der Waals surface area contributed by atoms with Crippen LogP contribution in [0.2, 0.25) is 0 Å². The molecule has 0 aromatic heterocycles. The molecule has 2 aromatic carbocycles. The van der Waals surface area contributed by atoms with Crippen LogP contribution in [0, 0.1) is 11.2 Å². The number of benzene rings is 2. The lowest BCUT2D eigenvalue weighted by molar-refractivity contribution is -0.132. The summed E-state index contributed by atoms with van der Waals surface area (Å²) in [5.74, 6) is -1.97. The van der Waals surface area contributed by atoms with Crippen molar-refractivity contribution in [2.24, 2.45) is 0 Å². The van der Waals surface area contributed by atoms with Gasteiger partial charge in [-0.1, -0.05) is 24.3 Å². The molecule has 2 atom stereocenters. The Kier molecular flexibility index (Phi) is 10.5. The Hall–Kier alpha value is -4.08. The first kappa shape index (κ1) is 27.2. The van der Waals surface area contributed by atoms with Crippen LogP contribution in [0.1, 0.15) is 30.9 Å². The van der Waals surface area contributed by atoms with E-state index in [0.29, 0.717) is 17.5 Å². The van der Waals surface area contributed by atoms with E-state index in [-0.39, 0.29) is 25.8 Å². The molecule has 186 valence electrons. The summed E-state index contributed by atoms with van der Waals surface area (Å²) in [6, 6.07) is 10.5. The van der Waals surface area contributed by atoms with E-state index in [1.165, 1.54) is 25.1 Å². The predicted molar refractivity (Wildman–Crippen MR) is 128 cm³/mol. The number of methoxy groups -OCH3 is 1. The van der Waals surface area contributed by atoms with E-state index >= 15 is 0 Å². The van der Waals surface area contributed by atoms with E-state index in [1.807, 2.05) is 0 Å². The minimum absolute atomic E-state index is 0.00277. The number of ketones is 1. The summed E-state index contributed by atoms with van der Waals surface area (Å²) in [4.78, 5) is 49.2. The molecule has 0 spiro atoms. The second-order valence-corrected chi connectivity index (χ2v) is 7.86. The molecule has 2 aromatic rings. The second-order valence-electron chi connectivity index (χ2n) is 7.86. The summed E-state index contributed by atoms with van der Waals surface area (Å²) in [5, 5.41) is 14.9. The smallest absolute Gasteiger partial charge is 0.243 e. The fourth-order valence-corrected chi connectivity index (χ4v) is 3.31. The fourth-order valence-electron chi connectivity index (χ4n) is 3.31. The molecule has 0 saturated carbocycles. The molecule has 2 rings (SSSR count). The number of ether oxygens (including phenoxy) is 1. The molecule has 35 heavy (non-hydrogen) atoms. The number of halogens is 1. The molecule has 0 radical (unpaired) electrons. The van der Waals surface area contributed by atoms with Crippen molar-refractivity contribution in [2.45, 2.75) is 44.8 Å². The van der Waals surface area contributed by atoms with Gasteiger partial charge in [0.2, 0.25) is 17.7 Å². The van der Waals surface area contributed by atoms with Gasteiger partial charge in [-0.3, -0.25) is 19.2 Å². The van der Waals surface area contributed by atoms with Crippen LogP contribution in [0.3, 0.4) is 0 Å². The van der Waals surface area contributed by atoms with Crippen molar-refractivity contribution in [1.82, 2.24) is 16.0 Å². The zero-order valence-electron chi connectivity index (χ0n) is 19.6. The Bertz CT molecular complexity index is 1060. The Morgan fingerprint density at radius 2 is 1.71 bits per heavy atom. The number of hydrogen-bond donors (Lipinski definition) is 4. The van der Waals surface area contributed by atoms with Crippen molar-refractivity contribution in [1.29, 1.82) is 5.41 Å². The highest BCUT2D eigenvalue weighted by Gasteiger charge is 2.27. The highest BCUT2D eigenvalue weighted by Crippen LogP contribution is 2.12. The van der Waals surface area contributed by atoms with Gasteiger partial charge in [0, 0.05) is 26.3 Å². The van der Waals surface area contributed by atoms with Gasteiger partial charge in [0.05, 0.1) is 13.3 Å². The Morgan fingerprint density at radius 1 is 1.00 bits per heavy atom. The summed E-state index contributed by atoms with van der Waals surface area (Å²) in [6.07, 6.45) is 0.487.